The number of nitrogens with one attached hydrogen (secondary N) is 1. The van der Waals surface area contributed by atoms with Gasteiger partial charge in [-0.05, 0) is 18.8 Å². The number of hydrogen-bond donors (Lipinski definition) is 2. The minimum absolute atomic E-state index is 0.378. The third-order valence-electron chi connectivity index (χ3n) is 3.07. The monoisotopic (exact) mass is 213 g/mol. The molecule has 1 aromatic rings. The highest BCUT2D eigenvalue weighted by Crippen LogP contribution is 2.35. The van der Waals surface area contributed by atoms with Crippen LogP contribution in [0.25, 0.3) is 0 Å². The quantitative estimate of drug-likeness (QED) is 0.799. The number of aromatic nitrogens is 2. The normalized spacial score (nSPS) is 32.0. The Morgan fingerprint density at radius 3 is 3.21 bits per heavy atom. The van der Waals surface area contributed by atoms with Crippen LogP contribution in [-0.4, -0.2) is 26.6 Å². The zero-order chi connectivity index (χ0) is 10.0. The van der Waals surface area contributed by atoms with Crippen molar-refractivity contribution in [3.05, 3.63) is 6.33 Å². The zero-order valence-corrected chi connectivity index (χ0v) is 9.05. The van der Waals surface area contributed by atoms with Crippen LogP contribution >= 0.6 is 11.5 Å². The molecule has 0 bridgehead atoms. The maximum atomic E-state index is 10.3. The molecule has 1 aliphatic rings. The minimum Gasteiger partial charge on any atom is -0.388 e. The van der Waals surface area contributed by atoms with E-state index in [0.29, 0.717) is 12.5 Å². The van der Waals surface area contributed by atoms with Gasteiger partial charge in [-0.1, -0.05) is 13.3 Å². The molecule has 0 amide bonds. The van der Waals surface area contributed by atoms with Crippen molar-refractivity contribution in [1.82, 2.24) is 9.36 Å². The van der Waals surface area contributed by atoms with Gasteiger partial charge in [-0.3, -0.25) is 0 Å². The molecule has 2 unspecified atom stereocenters. The highest BCUT2D eigenvalue weighted by atomic mass is 32.1. The van der Waals surface area contributed by atoms with Crippen molar-refractivity contribution in [2.24, 2.45) is 5.92 Å². The van der Waals surface area contributed by atoms with E-state index in [2.05, 4.69) is 21.6 Å². The first-order valence-corrected chi connectivity index (χ1v) is 5.71. The summed E-state index contributed by atoms with van der Waals surface area (Å²) >= 11 is 1.32. The Morgan fingerprint density at radius 1 is 1.79 bits per heavy atom. The lowest BCUT2D eigenvalue weighted by Gasteiger charge is -2.27. The highest BCUT2D eigenvalue weighted by molar-refractivity contribution is 7.09. The van der Waals surface area contributed by atoms with Crippen LogP contribution in [-0.2, 0) is 0 Å². The molecule has 0 aromatic carbocycles. The van der Waals surface area contributed by atoms with E-state index in [-0.39, 0.29) is 0 Å². The van der Waals surface area contributed by atoms with Crippen LogP contribution in [0.2, 0.25) is 0 Å². The Kier molecular flexibility index (Phi) is 2.69. The van der Waals surface area contributed by atoms with Gasteiger partial charge in [0.25, 0.3) is 0 Å². The number of rotatable bonds is 3. The van der Waals surface area contributed by atoms with Gasteiger partial charge in [-0.2, -0.15) is 4.37 Å². The fourth-order valence-corrected chi connectivity index (χ4v) is 2.40. The van der Waals surface area contributed by atoms with Gasteiger partial charge in [0, 0.05) is 18.1 Å². The van der Waals surface area contributed by atoms with Gasteiger partial charge < -0.3 is 10.4 Å². The smallest absolute Gasteiger partial charge is 0.202 e. The van der Waals surface area contributed by atoms with E-state index < -0.39 is 5.60 Å². The van der Waals surface area contributed by atoms with Crippen LogP contribution in [0.5, 0.6) is 0 Å². The lowest BCUT2D eigenvalue weighted by Crippen LogP contribution is -2.39. The van der Waals surface area contributed by atoms with Crippen molar-refractivity contribution in [3.63, 3.8) is 0 Å². The van der Waals surface area contributed by atoms with Crippen LogP contribution in [0.4, 0.5) is 5.13 Å². The van der Waals surface area contributed by atoms with Crippen molar-refractivity contribution in [2.45, 2.75) is 31.8 Å². The average Bonchev–Trinajstić information content (AvgIpc) is 2.75. The molecule has 1 fully saturated rings. The molecule has 5 heteroatoms. The zero-order valence-electron chi connectivity index (χ0n) is 8.23. The number of hydrogen-bond acceptors (Lipinski definition) is 5. The van der Waals surface area contributed by atoms with E-state index in [0.717, 1.165) is 24.4 Å². The average molecular weight is 213 g/mol. The van der Waals surface area contributed by atoms with Crippen molar-refractivity contribution < 1.29 is 5.11 Å². The predicted octanol–water partition coefficient (Wildman–Crippen LogP) is 1.50. The van der Waals surface area contributed by atoms with E-state index in [1.54, 1.807) is 0 Å². The summed E-state index contributed by atoms with van der Waals surface area (Å²) in [7, 11) is 0. The first kappa shape index (κ1) is 9.86. The first-order chi connectivity index (χ1) is 6.71. The molecule has 2 N–H and O–H groups in total. The third kappa shape index (κ3) is 1.88. The lowest BCUT2D eigenvalue weighted by molar-refractivity contribution is 0.0223. The molecular weight excluding hydrogens is 198 g/mol. The van der Waals surface area contributed by atoms with E-state index in [1.165, 1.54) is 17.9 Å². The molecule has 0 spiro atoms. The maximum absolute atomic E-state index is 10.3. The van der Waals surface area contributed by atoms with E-state index in [1.807, 2.05) is 0 Å². The summed E-state index contributed by atoms with van der Waals surface area (Å²) in [4.78, 5) is 4.02. The van der Waals surface area contributed by atoms with Crippen molar-refractivity contribution in [1.29, 1.82) is 0 Å². The first-order valence-electron chi connectivity index (χ1n) is 4.94. The number of nitrogens with zero attached hydrogens (tertiary/aromatic N) is 2. The second kappa shape index (κ2) is 3.82. The van der Waals surface area contributed by atoms with E-state index in [4.69, 9.17) is 0 Å². The van der Waals surface area contributed by atoms with Gasteiger partial charge in [0.1, 0.15) is 6.33 Å². The van der Waals surface area contributed by atoms with Gasteiger partial charge in [0.15, 0.2) is 0 Å². The van der Waals surface area contributed by atoms with Gasteiger partial charge in [0.05, 0.1) is 5.60 Å². The second-order valence-electron chi connectivity index (χ2n) is 4.00. The van der Waals surface area contributed by atoms with Gasteiger partial charge in [-0.15, -0.1) is 0 Å². The molecule has 2 rings (SSSR count). The summed E-state index contributed by atoms with van der Waals surface area (Å²) in [6.45, 7) is 2.69. The SMILES string of the molecule is CC1CCCC1(O)CNc1ncns1. The van der Waals surface area contributed by atoms with E-state index in [9.17, 15) is 5.11 Å². The maximum Gasteiger partial charge on any atom is 0.202 e. The Hall–Kier alpha value is -0.680. The molecule has 78 valence electrons. The van der Waals surface area contributed by atoms with Gasteiger partial charge in [-0.25, -0.2) is 4.98 Å². The fraction of sp³-hybridized carbons (Fsp3) is 0.778. The predicted molar refractivity (Wildman–Crippen MR) is 56.4 cm³/mol. The molecular formula is C9H15N3OS. The molecule has 1 saturated carbocycles. The Labute approximate surface area is 87.5 Å². The molecule has 14 heavy (non-hydrogen) atoms. The summed E-state index contributed by atoms with van der Waals surface area (Å²) in [5, 5.41) is 14.2. The van der Waals surface area contributed by atoms with Crippen molar-refractivity contribution in [2.75, 3.05) is 11.9 Å². The highest BCUT2D eigenvalue weighted by Gasteiger charge is 2.37. The summed E-state index contributed by atoms with van der Waals surface area (Å²) in [6.07, 6.45) is 4.65. The summed E-state index contributed by atoms with van der Waals surface area (Å²) < 4.78 is 3.90. The minimum atomic E-state index is -0.550. The number of aliphatic hydroxyl groups is 1. The molecule has 1 aliphatic carbocycles. The fourth-order valence-electron chi connectivity index (χ4n) is 1.97. The largest absolute Gasteiger partial charge is 0.388 e. The van der Waals surface area contributed by atoms with Gasteiger partial charge >= 0.3 is 0 Å². The topological polar surface area (TPSA) is 58.0 Å². The molecule has 0 saturated heterocycles. The molecule has 0 aliphatic heterocycles. The second-order valence-corrected chi connectivity index (χ2v) is 4.78. The van der Waals surface area contributed by atoms with Crippen LogP contribution in [0.1, 0.15) is 26.2 Å². The Balaban J connectivity index is 1.91. The van der Waals surface area contributed by atoms with Crippen LogP contribution in [0, 0.1) is 5.92 Å². The standard InChI is InChI=1S/C9H15N3OS/c1-7-3-2-4-9(7,13)5-10-8-11-6-12-14-8/h6-7,13H,2-5H2,1H3,(H,10,11,12). The molecule has 2 atom stereocenters. The van der Waals surface area contributed by atoms with Gasteiger partial charge in [0.2, 0.25) is 5.13 Å². The molecule has 0 radical (unpaired) electrons. The summed E-state index contributed by atoms with van der Waals surface area (Å²) in [5.74, 6) is 0.378. The molecule has 1 aromatic heterocycles. The third-order valence-corrected chi connectivity index (χ3v) is 3.69. The summed E-state index contributed by atoms with van der Waals surface area (Å²) in [5.41, 5.74) is -0.550. The lowest BCUT2D eigenvalue weighted by atomic mass is 9.93. The van der Waals surface area contributed by atoms with Crippen molar-refractivity contribution in [3.8, 4) is 0 Å². The molecule has 1 heterocycles. The van der Waals surface area contributed by atoms with Crippen LogP contribution in [0.3, 0.4) is 0 Å². The van der Waals surface area contributed by atoms with E-state index >= 15 is 0 Å². The van der Waals surface area contributed by atoms with Crippen LogP contribution < -0.4 is 5.32 Å². The summed E-state index contributed by atoms with van der Waals surface area (Å²) in [6, 6.07) is 0. The van der Waals surface area contributed by atoms with Crippen molar-refractivity contribution >= 4 is 16.7 Å². The Morgan fingerprint density at radius 2 is 2.64 bits per heavy atom. The van der Waals surface area contributed by atoms with Crippen LogP contribution in [0.15, 0.2) is 6.33 Å². The Bertz CT molecular complexity index is 290. The molecule has 4 nitrogen and oxygen atoms in total. The number of anilines is 1.